The number of fused-ring (bicyclic) bond motifs is 2. The number of amides is 4. The van der Waals surface area contributed by atoms with Crippen molar-refractivity contribution in [1.29, 1.82) is 5.41 Å². The normalized spacial score (nSPS) is 15.6. The number of nitrogens with zero attached hydrogens (tertiary/aromatic N) is 9. The quantitative estimate of drug-likeness (QED) is 0.0298. The first kappa shape index (κ1) is 51.3. The highest BCUT2D eigenvalue weighted by Gasteiger charge is 2.31. The Hall–Kier alpha value is -8.05. The number of ether oxygens (including phenoxy) is 3. The molecule has 5 aromatic rings. The number of aryl methyl sites for hydroxylation is 2. The minimum absolute atomic E-state index is 0.00512. The zero-order valence-corrected chi connectivity index (χ0v) is 40.5. The SMILES string of the molecule is CCN=C(/C=C(/C)N)C(=O)Nc1nc2cc(C(N)=O)cc(OC)c2n1C/C=C/Cn1c(NC(=O)c2cc(C)nn2CC)nc2cc(C(N)=O)cc(OC/C=C/COC3CC(CN(C)C(=N)N)N(C)C3)c21. The van der Waals surface area contributed by atoms with E-state index in [1.165, 1.54) is 37.5 Å². The molecule has 0 saturated carbocycles. The van der Waals surface area contributed by atoms with E-state index in [4.69, 9.17) is 47.5 Å². The third-order valence-electron chi connectivity index (χ3n) is 11.4. The first-order chi connectivity index (χ1) is 33.4. The Labute approximate surface area is 404 Å². The standard InChI is InChI=1S/C47H62N16O7/c1-8-53-35(18-27(3)48)43(66)56-46-54-33-20-29(41(49)64)22-37(68-7)39(33)61(46)14-10-11-15-62-40-34(55-47(62)57-44(67)36-19-28(4)58-63(36)9-2)21-30(42(50)65)23-38(40)70-17-13-12-16-69-32-24-31(59(5)26-32)25-60(6)45(51)52/h10-13,18-23,31-32H,8-9,14-17,24-26,48H2,1-7H3,(H2,49,64)(H2,50,65)(H3,51,52)(H,54,56,66)(H,55,57,67)/b11-10+,13-12+,27-18-,53-35?. The fraction of sp³-hybridized carbons (Fsp3) is 0.383. The number of rotatable bonds is 22. The molecule has 23 heteroatoms. The van der Waals surface area contributed by atoms with Crippen molar-refractivity contribution in [1.82, 2.24) is 38.7 Å². The summed E-state index contributed by atoms with van der Waals surface area (Å²) < 4.78 is 23.2. The van der Waals surface area contributed by atoms with Crippen LogP contribution in [0.25, 0.3) is 22.1 Å². The molecule has 1 aliphatic heterocycles. The molecule has 2 atom stereocenters. The van der Waals surface area contributed by atoms with Gasteiger partial charge in [-0.25, -0.2) is 9.97 Å². The summed E-state index contributed by atoms with van der Waals surface area (Å²) >= 11 is 0. The van der Waals surface area contributed by atoms with Gasteiger partial charge in [0.2, 0.25) is 23.7 Å². The lowest BCUT2D eigenvalue weighted by Gasteiger charge is -2.25. The number of nitrogens with two attached hydrogens (primary N) is 4. The van der Waals surface area contributed by atoms with E-state index in [-0.39, 0.29) is 78.0 Å². The molecular weight excluding hydrogens is 901 g/mol. The van der Waals surface area contributed by atoms with E-state index in [1.807, 2.05) is 32.2 Å². The lowest BCUT2D eigenvalue weighted by Crippen LogP contribution is -2.42. The molecule has 2 unspecified atom stereocenters. The Balaban J connectivity index is 1.32. The summed E-state index contributed by atoms with van der Waals surface area (Å²) in [6, 6.07) is 7.93. The summed E-state index contributed by atoms with van der Waals surface area (Å²) in [6.07, 6.45) is 9.52. The molecule has 0 spiro atoms. The van der Waals surface area contributed by atoms with Crippen LogP contribution in [0.1, 0.15) is 64.1 Å². The summed E-state index contributed by atoms with van der Waals surface area (Å²) in [5.74, 6) is -1.61. The number of likely N-dealkylation sites (N-methyl/N-ethyl adjacent to an activating group) is 2. The summed E-state index contributed by atoms with van der Waals surface area (Å²) in [5.41, 5.74) is 26.3. The van der Waals surface area contributed by atoms with E-state index in [2.05, 4.69) is 30.6 Å². The fourth-order valence-corrected chi connectivity index (χ4v) is 8.03. The number of carbonyl (C=O) groups excluding carboxylic acids is 4. The van der Waals surface area contributed by atoms with Crippen LogP contribution in [0.5, 0.6) is 11.5 Å². The first-order valence-electron chi connectivity index (χ1n) is 22.6. The molecule has 0 bridgehead atoms. The van der Waals surface area contributed by atoms with Crippen LogP contribution in [0.15, 0.2) is 71.4 Å². The number of likely N-dealkylation sites (tertiary alicyclic amines) is 1. The molecule has 0 radical (unpaired) electrons. The van der Waals surface area contributed by atoms with Gasteiger partial charge in [-0.15, -0.1) is 0 Å². The maximum Gasteiger partial charge on any atom is 0.276 e. The fourth-order valence-electron chi connectivity index (χ4n) is 8.03. The van der Waals surface area contributed by atoms with Crippen molar-refractivity contribution in [2.24, 2.45) is 27.9 Å². The number of hydrogen-bond acceptors (Lipinski definition) is 14. The molecule has 6 rings (SSSR count). The van der Waals surface area contributed by atoms with Crippen molar-refractivity contribution in [2.45, 2.75) is 65.9 Å². The Bertz CT molecular complexity index is 2900. The summed E-state index contributed by atoms with van der Waals surface area (Å²) in [6.45, 7) is 9.86. The van der Waals surface area contributed by atoms with E-state index < -0.39 is 23.6 Å². The second-order valence-corrected chi connectivity index (χ2v) is 16.7. The van der Waals surface area contributed by atoms with E-state index >= 15 is 0 Å². The highest BCUT2D eigenvalue weighted by molar-refractivity contribution is 6.47. The third-order valence-corrected chi connectivity index (χ3v) is 11.4. The van der Waals surface area contributed by atoms with Crippen LogP contribution in [0, 0.1) is 12.3 Å². The van der Waals surface area contributed by atoms with Gasteiger partial charge in [0.05, 0.1) is 36.5 Å². The molecule has 23 nitrogen and oxygen atoms in total. The number of aliphatic imine (C=N–C) groups is 1. The topological polar surface area (TPSA) is 320 Å². The Morgan fingerprint density at radius 1 is 0.886 bits per heavy atom. The second-order valence-electron chi connectivity index (χ2n) is 16.7. The van der Waals surface area contributed by atoms with Crippen LogP contribution in [0.4, 0.5) is 11.9 Å². The first-order valence-corrected chi connectivity index (χ1v) is 22.6. The zero-order chi connectivity index (χ0) is 50.8. The van der Waals surface area contributed by atoms with Crippen molar-refractivity contribution in [3.8, 4) is 11.5 Å². The molecule has 1 aliphatic rings. The number of hydrogen-bond donors (Lipinski definition) is 7. The lowest BCUT2D eigenvalue weighted by atomic mass is 10.1. The van der Waals surface area contributed by atoms with Gasteiger partial charge in [-0.05, 0) is 83.6 Å². The van der Waals surface area contributed by atoms with E-state index in [1.54, 1.807) is 58.7 Å². The molecule has 372 valence electrons. The minimum atomic E-state index is -0.705. The molecule has 3 aromatic heterocycles. The average Bonchev–Trinajstić information content (AvgIpc) is 4.07. The van der Waals surface area contributed by atoms with Gasteiger partial charge in [-0.1, -0.05) is 18.2 Å². The van der Waals surface area contributed by atoms with E-state index in [0.29, 0.717) is 65.4 Å². The predicted octanol–water partition coefficient (Wildman–Crippen LogP) is 2.74. The molecule has 1 fully saturated rings. The number of imidazole rings is 2. The molecule has 4 amide bonds. The van der Waals surface area contributed by atoms with Crippen LogP contribution in [-0.2, 0) is 29.2 Å². The number of carbonyl (C=O) groups is 4. The molecule has 11 N–H and O–H groups in total. The van der Waals surface area contributed by atoms with E-state index in [0.717, 1.165) is 13.0 Å². The average molecular weight is 963 g/mol. The van der Waals surface area contributed by atoms with Crippen LogP contribution in [0.3, 0.4) is 0 Å². The van der Waals surface area contributed by atoms with Gasteiger partial charge >= 0.3 is 0 Å². The van der Waals surface area contributed by atoms with Gasteiger partial charge in [0, 0.05) is 69.2 Å². The van der Waals surface area contributed by atoms with Gasteiger partial charge in [0.15, 0.2) is 5.96 Å². The number of primary amides is 2. The van der Waals surface area contributed by atoms with Crippen LogP contribution < -0.4 is 43.0 Å². The zero-order valence-electron chi connectivity index (χ0n) is 40.5. The summed E-state index contributed by atoms with van der Waals surface area (Å²) in [5, 5.41) is 17.9. The van der Waals surface area contributed by atoms with Gasteiger partial charge < -0.3 is 51.2 Å². The van der Waals surface area contributed by atoms with Crippen molar-refractivity contribution >= 4 is 69.3 Å². The number of guanidine groups is 1. The molecule has 2 aromatic carbocycles. The van der Waals surface area contributed by atoms with Crippen LogP contribution in [-0.4, -0.2) is 140 Å². The Morgan fingerprint density at radius 3 is 2.06 bits per heavy atom. The van der Waals surface area contributed by atoms with Crippen molar-refractivity contribution in [3.05, 3.63) is 88.9 Å². The maximum absolute atomic E-state index is 13.9. The van der Waals surface area contributed by atoms with Crippen LogP contribution in [0.2, 0.25) is 0 Å². The lowest BCUT2D eigenvalue weighted by molar-refractivity contribution is -0.110. The number of methoxy groups -OCH3 is 1. The predicted molar refractivity (Wildman–Crippen MR) is 267 cm³/mol. The molecular formula is C47H62N16O7. The smallest absolute Gasteiger partial charge is 0.276 e. The number of nitrogens with one attached hydrogen (secondary N) is 3. The number of allylic oxidation sites excluding steroid dienone is 3. The molecule has 0 aliphatic carbocycles. The van der Waals surface area contributed by atoms with Crippen molar-refractivity contribution in [3.63, 3.8) is 0 Å². The third kappa shape index (κ3) is 12.1. The van der Waals surface area contributed by atoms with Crippen molar-refractivity contribution in [2.75, 3.05) is 64.7 Å². The molecule has 70 heavy (non-hydrogen) atoms. The number of benzene rings is 2. The van der Waals surface area contributed by atoms with Gasteiger partial charge in [0.25, 0.3) is 11.8 Å². The maximum atomic E-state index is 13.9. The van der Waals surface area contributed by atoms with Gasteiger partial charge in [-0.2, -0.15) is 5.10 Å². The summed E-state index contributed by atoms with van der Waals surface area (Å²) in [4.78, 5) is 70.0. The Kier molecular flexibility index (Phi) is 16.7. The number of aromatic nitrogens is 6. The minimum Gasteiger partial charge on any atom is -0.494 e. The number of anilines is 2. The second kappa shape index (κ2) is 22.8. The highest BCUT2D eigenvalue weighted by Crippen LogP contribution is 2.33. The van der Waals surface area contributed by atoms with E-state index in [9.17, 15) is 19.2 Å². The molecule has 4 heterocycles. The Morgan fingerprint density at radius 2 is 1.49 bits per heavy atom. The summed E-state index contributed by atoms with van der Waals surface area (Å²) in [7, 11) is 5.26. The largest absolute Gasteiger partial charge is 0.494 e. The van der Waals surface area contributed by atoms with Gasteiger partial charge in [-0.3, -0.25) is 49.8 Å². The van der Waals surface area contributed by atoms with Gasteiger partial charge in [0.1, 0.15) is 40.5 Å². The molecule has 1 saturated heterocycles. The monoisotopic (exact) mass is 962 g/mol. The van der Waals surface area contributed by atoms with Crippen LogP contribution >= 0.6 is 0 Å². The highest BCUT2D eigenvalue weighted by atomic mass is 16.5. The van der Waals surface area contributed by atoms with Crippen molar-refractivity contribution < 1.29 is 33.4 Å².